The lowest BCUT2D eigenvalue weighted by Crippen LogP contribution is -2.29. The molecule has 0 unspecified atom stereocenters. The number of carbonyl (C=O) groups is 2. The average molecular weight is 312 g/mol. The van der Waals surface area contributed by atoms with Crippen LogP contribution in [0, 0.1) is 11.8 Å². The van der Waals surface area contributed by atoms with Gasteiger partial charge in [-0.3, -0.25) is 9.59 Å². The molecule has 21 heavy (non-hydrogen) atoms. The number of aliphatic carboxylic acids is 1. The van der Waals surface area contributed by atoms with Crippen molar-refractivity contribution in [2.75, 3.05) is 19.9 Å². The van der Waals surface area contributed by atoms with Gasteiger partial charge in [-0.05, 0) is 18.1 Å². The van der Waals surface area contributed by atoms with E-state index in [2.05, 4.69) is 0 Å². The smallest absolute Gasteiger partial charge is 0.308 e. The Morgan fingerprint density at radius 2 is 2.10 bits per heavy atom. The number of benzene rings is 1. The van der Waals surface area contributed by atoms with E-state index in [-0.39, 0.29) is 25.2 Å². The van der Waals surface area contributed by atoms with Gasteiger partial charge in [0, 0.05) is 18.7 Å². The number of nitrogens with zero attached hydrogens (tertiary/aromatic N) is 1. The second-order valence-corrected chi connectivity index (χ2v) is 5.73. The Morgan fingerprint density at radius 1 is 1.33 bits per heavy atom. The van der Waals surface area contributed by atoms with Crippen molar-refractivity contribution in [2.24, 2.45) is 11.8 Å². The van der Waals surface area contributed by atoms with Crippen LogP contribution in [0.15, 0.2) is 12.1 Å². The van der Waals surface area contributed by atoms with E-state index in [0.717, 1.165) is 0 Å². The Bertz CT molecular complexity index is 618. The van der Waals surface area contributed by atoms with E-state index in [9.17, 15) is 9.59 Å². The molecule has 6 nitrogen and oxygen atoms in total. The standard InChI is InChI=1S/C14H14ClNO5/c1-7-4-16(5-9(7)14(18)19)13(17)8-2-10(15)12-11(3-8)20-6-21-12/h2-3,7,9H,4-6H2,1H3,(H,18,19)/t7-,9-/m1/s1. The second-order valence-electron chi connectivity index (χ2n) is 5.32. The van der Waals surface area contributed by atoms with Gasteiger partial charge in [-0.15, -0.1) is 0 Å². The third kappa shape index (κ3) is 2.40. The van der Waals surface area contributed by atoms with Crippen LogP contribution in [0.25, 0.3) is 0 Å². The van der Waals surface area contributed by atoms with Crippen LogP contribution >= 0.6 is 11.6 Å². The largest absolute Gasteiger partial charge is 0.481 e. The molecule has 0 saturated carbocycles. The third-order valence-electron chi connectivity index (χ3n) is 3.89. The van der Waals surface area contributed by atoms with E-state index in [1.165, 1.54) is 11.0 Å². The molecule has 1 aromatic carbocycles. The number of carboxylic acids is 1. The van der Waals surface area contributed by atoms with Crippen LogP contribution in [0.5, 0.6) is 11.5 Å². The molecule has 0 spiro atoms. The lowest BCUT2D eigenvalue weighted by Gasteiger charge is -2.16. The van der Waals surface area contributed by atoms with Crippen molar-refractivity contribution in [2.45, 2.75) is 6.92 Å². The summed E-state index contributed by atoms with van der Waals surface area (Å²) in [4.78, 5) is 25.2. The van der Waals surface area contributed by atoms with Gasteiger partial charge in [-0.25, -0.2) is 0 Å². The van der Waals surface area contributed by atoms with Gasteiger partial charge in [0.1, 0.15) is 0 Å². The Balaban J connectivity index is 1.84. The Kier molecular flexibility index (Phi) is 3.41. The maximum Gasteiger partial charge on any atom is 0.308 e. The molecule has 2 aliphatic heterocycles. The molecule has 0 aromatic heterocycles. The van der Waals surface area contributed by atoms with E-state index in [1.807, 2.05) is 6.92 Å². The van der Waals surface area contributed by atoms with Gasteiger partial charge in [-0.1, -0.05) is 18.5 Å². The summed E-state index contributed by atoms with van der Waals surface area (Å²) in [5, 5.41) is 9.44. The first-order valence-corrected chi connectivity index (χ1v) is 6.96. The molecule has 1 N–H and O–H groups in total. The molecule has 2 atom stereocenters. The number of rotatable bonds is 2. The Labute approximate surface area is 126 Å². The lowest BCUT2D eigenvalue weighted by atomic mass is 9.99. The number of carboxylic acid groups (broad SMARTS) is 1. The van der Waals surface area contributed by atoms with Crippen LogP contribution in [0.2, 0.25) is 5.02 Å². The summed E-state index contributed by atoms with van der Waals surface area (Å²) < 4.78 is 10.4. The zero-order chi connectivity index (χ0) is 15.1. The van der Waals surface area contributed by atoms with Crippen molar-refractivity contribution in [3.63, 3.8) is 0 Å². The van der Waals surface area contributed by atoms with Gasteiger partial charge >= 0.3 is 5.97 Å². The molecule has 3 rings (SSSR count). The first-order chi connectivity index (χ1) is 9.97. The van der Waals surface area contributed by atoms with Crippen molar-refractivity contribution in [3.05, 3.63) is 22.7 Å². The number of likely N-dealkylation sites (tertiary alicyclic amines) is 1. The van der Waals surface area contributed by atoms with Crippen molar-refractivity contribution >= 4 is 23.5 Å². The van der Waals surface area contributed by atoms with Gasteiger partial charge in [0.05, 0.1) is 10.9 Å². The number of carbonyl (C=O) groups excluding carboxylic acids is 1. The highest BCUT2D eigenvalue weighted by molar-refractivity contribution is 6.32. The van der Waals surface area contributed by atoms with Crippen molar-refractivity contribution < 1.29 is 24.2 Å². The number of amides is 1. The minimum absolute atomic E-state index is 0.0732. The Hall–Kier alpha value is -1.95. The number of fused-ring (bicyclic) bond motifs is 1. The summed E-state index contributed by atoms with van der Waals surface area (Å²) in [6.07, 6.45) is 0. The quantitative estimate of drug-likeness (QED) is 0.902. The van der Waals surface area contributed by atoms with Crippen molar-refractivity contribution in [3.8, 4) is 11.5 Å². The molecule has 7 heteroatoms. The van der Waals surface area contributed by atoms with Crippen LogP contribution in [0.3, 0.4) is 0 Å². The van der Waals surface area contributed by atoms with Crippen LogP contribution in [-0.4, -0.2) is 41.8 Å². The van der Waals surface area contributed by atoms with Crippen LogP contribution in [0.1, 0.15) is 17.3 Å². The zero-order valence-electron chi connectivity index (χ0n) is 11.3. The predicted molar refractivity (Wildman–Crippen MR) is 73.8 cm³/mol. The minimum Gasteiger partial charge on any atom is -0.481 e. The van der Waals surface area contributed by atoms with Gasteiger partial charge in [0.25, 0.3) is 5.91 Å². The average Bonchev–Trinajstić information content (AvgIpc) is 3.04. The first kappa shape index (κ1) is 14.0. The highest BCUT2D eigenvalue weighted by Gasteiger charge is 2.37. The maximum absolute atomic E-state index is 12.5. The molecule has 0 bridgehead atoms. The van der Waals surface area contributed by atoms with Crippen LogP contribution in [-0.2, 0) is 4.79 Å². The molecular weight excluding hydrogens is 298 g/mol. The summed E-state index contributed by atoms with van der Waals surface area (Å²) in [5.41, 5.74) is 0.377. The van der Waals surface area contributed by atoms with Gasteiger partial charge in [-0.2, -0.15) is 0 Å². The van der Waals surface area contributed by atoms with E-state index in [4.69, 9.17) is 26.2 Å². The fourth-order valence-corrected chi connectivity index (χ4v) is 2.99. The normalized spacial score (nSPS) is 23.4. The summed E-state index contributed by atoms with van der Waals surface area (Å²) in [6, 6.07) is 3.10. The SMILES string of the molecule is C[C@@H]1CN(C(=O)c2cc(Cl)c3c(c2)OCO3)C[C@H]1C(=O)O. The van der Waals surface area contributed by atoms with Crippen molar-refractivity contribution in [1.82, 2.24) is 4.90 Å². The highest BCUT2D eigenvalue weighted by atomic mass is 35.5. The predicted octanol–water partition coefficient (Wildman–Crippen LogP) is 1.86. The number of ether oxygens (including phenoxy) is 2. The van der Waals surface area contributed by atoms with Crippen molar-refractivity contribution in [1.29, 1.82) is 0 Å². The monoisotopic (exact) mass is 311 g/mol. The van der Waals surface area contributed by atoms with Crippen LogP contribution in [0.4, 0.5) is 0 Å². The Morgan fingerprint density at radius 3 is 2.76 bits per heavy atom. The summed E-state index contributed by atoms with van der Waals surface area (Å²) >= 11 is 6.06. The number of hydrogen-bond acceptors (Lipinski definition) is 4. The number of hydrogen-bond donors (Lipinski definition) is 1. The van der Waals surface area contributed by atoms with E-state index < -0.39 is 11.9 Å². The fraction of sp³-hybridized carbons (Fsp3) is 0.429. The fourth-order valence-electron chi connectivity index (χ4n) is 2.73. The molecule has 112 valence electrons. The molecule has 0 radical (unpaired) electrons. The van der Waals surface area contributed by atoms with Gasteiger partial charge < -0.3 is 19.5 Å². The zero-order valence-corrected chi connectivity index (χ0v) is 12.1. The lowest BCUT2D eigenvalue weighted by molar-refractivity contribution is -0.142. The summed E-state index contributed by atoms with van der Waals surface area (Å²) in [5.74, 6) is -0.846. The molecule has 1 amide bonds. The summed E-state index contributed by atoms with van der Waals surface area (Å²) in [6.45, 7) is 2.54. The summed E-state index contributed by atoms with van der Waals surface area (Å²) in [7, 11) is 0. The van der Waals surface area contributed by atoms with E-state index in [0.29, 0.717) is 28.6 Å². The second kappa shape index (κ2) is 5.11. The third-order valence-corrected chi connectivity index (χ3v) is 4.17. The minimum atomic E-state index is -0.874. The highest BCUT2D eigenvalue weighted by Crippen LogP contribution is 2.40. The maximum atomic E-state index is 12.5. The first-order valence-electron chi connectivity index (χ1n) is 6.58. The van der Waals surface area contributed by atoms with Crippen LogP contribution < -0.4 is 9.47 Å². The number of halogens is 1. The van der Waals surface area contributed by atoms with E-state index >= 15 is 0 Å². The van der Waals surface area contributed by atoms with Gasteiger partial charge in [0.2, 0.25) is 6.79 Å². The van der Waals surface area contributed by atoms with E-state index in [1.54, 1.807) is 6.07 Å². The van der Waals surface area contributed by atoms with Gasteiger partial charge in [0.15, 0.2) is 11.5 Å². The molecule has 2 aliphatic rings. The molecule has 1 fully saturated rings. The molecular formula is C14H14ClNO5. The molecule has 0 aliphatic carbocycles. The molecule has 1 saturated heterocycles. The topological polar surface area (TPSA) is 76.1 Å². The molecule has 1 aromatic rings. The molecule has 2 heterocycles.